The Morgan fingerprint density at radius 2 is 1.88 bits per heavy atom. The van der Waals surface area contributed by atoms with Crippen molar-refractivity contribution >= 4 is 39.1 Å². The first kappa shape index (κ1) is 23.6. The molecule has 2 fully saturated rings. The molecule has 176 valence electrons. The van der Waals surface area contributed by atoms with Crippen molar-refractivity contribution in [3.63, 3.8) is 0 Å². The maximum atomic E-state index is 12.8. The van der Waals surface area contributed by atoms with E-state index < -0.39 is 15.4 Å². The number of hydrogen-bond acceptors (Lipinski definition) is 4. The summed E-state index contributed by atoms with van der Waals surface area (Å²) in [5.74, 6) is 0.180. The minimum Gasteiger partial charge on any atom is -0.355 e. The Morgan fingerprint density at radius 1 is 1.15 bits per heavy atom. The van der Waals surface area contributed by atoms with Gasteiger partial charge in [0, 0.05) is 36.8 Å². The number of aryl methyl sites for hydroxylation is 1. The van der Waals surface area contributed by atoms with Crippen molar-refractivity contribution in [2.45, 2.75) is 49.3 Å². The van der Waals surface area contributed by atoms with Crippen LogP contribution in [0.4, 0.5) is 5.69 Å². The van der Waals surface area contributed by atoms with Crippen molar-refractivity contribution in [3.05, 3.63) is 58.6 Å². The van der Waals surface area contributed by atoms with Gasteiger partial charge >= 0.3 is 0 Å². The van der Waals surface area contributed by atoms with Crippen LogP contribution in [0.15, 0.2) is 47.4 Å². The number of likely N-dealkylation sites (tertiary alicyclic amines) is 1. The van der Waals surface area contributed by atoms with Gasteiger partial charge in [-0.2, -0.15) is 0 Å². The molecule has 1 saturated heterocycles. The van der Waals surface area contributed by atoms with E-state index in [0.717, 1.165) is 43.4 Å². The highest BCUT2D eigenvalue weighted by molar-refractivity contribution is 7.92. The second-order valence-corrected chi connectivity index (χ2v) is 10.9. The number of rotatable bonds is 9. The van der Waals surface area contributed by atoms with Crippen LogP contribution < -0.4 is 10.0 Å². The maximum Gasteiger partial charge on any atom is 0.261 e. The molecule has 2 aliphatic rings. The Hall–Kier alpha value is -2.58. The first-order chi connectivity index (χ1) is 15.7. The molecule has 0 radical (unpaired) electrons. The Labute approximate surface area is 199 Å². The van der Waals surface area contributed by atoms with Gasteiger partial charge in [0.15, 0.2) is 0 Å². The number of nitrogens with zero attached hydrogens (tertiary/aromatic N) is 1. The first-order valence-electron chi connectivity index (χ1n) is 11.2. The predicted octanol–water partition coefficient (Wildman–Crippen LogP) is 3.61. The van der Waals surface area contributed by atoms with E-state index >= 15 is 0 Å². The lowest BCUT2D eigenvalue weighted by molar-refractivity contribution is -0.127. The average molecular weight is 490 g/mol. The Morgan fingerprint density at radius 3 is 2.48 bits per heavy atom. The van der Waals surface area contributed by atoms with Crippen molar-refractivity contribution in [1.82, 2.24) is 10.2 Å². The SMILES string of the molecule is Cc1ccc(S(=O)(=O)Nc2ccc(C3(C(=O)NCCCN4CCCC4=O)CC3)cc2)cc1Cl. The van der Waals surface area contributed by atoms with E-state index in [-0.39, 0.29) is 16.7 Å². The molecule has 2 amide bonds. The third-order valence-corrected chi connectivity index (χ3v) is 8.18. The molecule has 1 aliphatic carbocycles. The average Bonchev–Trinajstić information content (AvgIpc) is 3.50. The molecular formula is C24H28ClN3O4S. The molecule has 2 N–H and O–H groups in total. The smallest absolute Gasteiger partial charge is 0.261 e. The van der Waals surface area contributed by atoms with Crippen molar-refractivity contribution < 1.29 is 18.0 Å². The lowest BCUT2D eigenvalue weighted by atomic mass is 9.95. The third kappa shape index (κ3) is 5.17. The second kappa shape index (κ2) is 9.35. The van der Waals surface area contributed by atoms with Crippen molar-refractivity contribution in [2.75, 3.05) is 24.4 Å². The van der Waals surface area contributed by atoms with Gasteiger partial charge in [-0.1, -0.05) is 29.8 Å². The number of sulfonamides is 1. The molecule has 9 heteroatoms. The molecule has 2 aromatic rings. The van der Waals surface area contributed by atoms with Gasteiger partial charge in [-0.25, -0.2) is 8.42 Å². The van der Waals surface area contributed by atoms with E-state index in [1.54, 1.807) is 30.3 Å². The highest BCUT2D eigenvalue weighted by Gasteiger charge is 2.51. The molecular weight excluding hydrogens is 462 g/mol. The molecule has 4 rings (SSSR count). The molecule has 0 aromatic heterocycles. The summed E-state index contributed by atoms with van der Waals surface area (Å²) < 4.78 is 27.9. The molecule has 1 aliphatic heterocycles. The van der Waals surface area contributed by atoms with Crippen LogP contribution in [-0.2, 0) is 25.0 Å². The lowest BCUT2D eigenvalue weighted by Crippen LogP contribution is -2.36. The van der Waals surface area contributed by atoms with Crippen LogP contribution in [0.2, 0.25) is 5.02 Å². The molecule has 7 nitrogen and oxygen atoms in total. The quantitative estimate of drug-likeness (QED) is 0.526. The van der Waals surface area contributed by atoms with Crippen LogP contribution in [0.3, 0.4) is 0 Å². The third-order valence-electron chi connectivity index (χ3n) is 6.39. The van der Waals surface area contributed by atoms with Gasteiger partial charge in [-0.3, -0.25) is 14.3 Å². The molecule has 0 bridgehead atoms. The lowest BCUT2D eigenvalue weighted by Gasteiger charge is -2.18. The van der Waals surface area contributed by atoms with E-state index in [2.05, 4.69) is 10.0 Å². The van der Waals surface area contributed by atoms with Crippen LogP contribution in [0.25, 0.3) is 0 Å². The van der Waals surface area contributed by atoms with E-state index in [1.165, 1.54) is 12.1 Å². The zero-order valence-corrected chi connectivity index (χ0v) is 20.1. The number of amides is 2. The molecule has 0 atom stereocenters. The summed E-state index contributed by atoms with van der Waals surface area (Å²) in [4.78, 5) is 26.4. The van der Waals surface area contributed by atoms with Crippen molar-refractivity contribution in [1.29, 1.82) is 0 Å². The van der Waals surface area contributed by atoms with Gasteiger partial charge < -0.3 is 10.2 Å². The molecule has 1 saturated carbocycles. The number of carbonyl (C=O) groups excluding carboxylic acids is 2. The second-order valence-electron chi connectivity index (χ2n) is 8.77. The Balaban J connectivity index is 1.34. The van der Waals surface area contributed by atoms with Crippen LogP contribution in [0.5, 0.6) is 0 Å². The van der Waals surface area contributed by atoms with Crippen LogP contribution >= 0.6 is 11.6 Å². The topological polar surface area (TPSA) is 95.6 Å². The summed E-state index contributed by atoms with van der Waals surface area (Å²) in [5, 5.41) is 3.40. The fourth-order valence-corrected chi connectivity index (χ4v) is 5.50. The number of nitrogens with one attached hydrogen (secondary N) is 2. The molecule has 0 spiro atoms. The van der Waals surface area contributed by atoms with E-state index in [9.17, 15) is 18.0 Å². The minimum absolute atomic E-state index is 0.0159. The number of carbonyl (C=O) groups is 2. The molecule has 2 aromatic carbocycles. The Kier molecular flexibility index (Phi) is 6.68. The highest BCUT2D eigenvalue weighted by atomic mass is 35.5. The van der Waals surface area contributed by atoms with Crippen LogP contribution in [0.1, 0.15) is 43.2 Å². The van der Waals surface area contributed by atoms with Gasteiger partial charge in [-0.15, -0.1) is 0 Å². The summed E-state index contributed by atoms with van der Waals surface area (Å²) >= 11 is 6.07. The highest BCUT2D eigenvalue weighted by Crippen LogP contribution is 2.48. The number of hydrogen-bond donors (Lipinski definition) is 2. The van der Waals surface area contributed by atoms with Crippen molar-refractivity contribution in [2.24, 2.45) is 0 Å². The fraction of sp³-hybridized carbons (Fsp3) is 0.417. The molecule has 33 heavy (non-hydrogen) atoms. The fourth-order valence-electron chi connectivity index (χ4n) is 4.17. The standard InChI is InChI=1S/C24H28ClN3O4S/c1-17-5-10-20(16-21(17)25)33(31,32)27-19-8-6-18(7-9-19)24(11-12-24)23(30)26-13-3-15-28-14-2-4-22(28)29/h5-10,16,27H,2-4,11-15H2,1H3,(H,26,30). The number of anilines is 1. The predicted molar refractivity (Wildman–Crippen MR) is 128 cm³/mol. The molecule has 1 heterocycles. The number of halogens is 1. The van der Waals surface area contributed by atoms with Crippen LogP contribution in [0, 0.1) is 6.92 Å². The van der Waals surface area contributed by atoms with Gasteiger partial charge in [0.1, 0.15) is 0 Å². The first-order valence-corrected chi connectivity index (χ1v) is 13.0. The van der Waals surface area contributed by atoms with Crippen molar-refractivity contribution in [3.8, 4) is 0 Å². The zero-order valence-electron chi connectivity index (χ0n) is 18.6. The summed E-state index contributed by atoms with van der Waals surface area (Å²) in [5.41, 5.74) is 1.54. The van der Waals surface area contributed by atoms with E-state index in [0.29, 0.717) is 30.2 Å². The largest absolute Gasteiger partial charge is 0.355 e. The van der Waals surface area contributed by atoms with Crippen LogP contribution in [-0.4, -0.2) is 44.8 Å². The van der Waals surface area contributed by atoms with Gasteiger partial charge in [-0.05, 0) is 68.0 Å². The Bertz CT molecular complexity index is 1160. The molecule has 0 unspecified atom stereocenters. The normalized spacial score (nSPS) is 17.2. The van der Waals surface area contributed by atoms with Gasteiger partial charge in [0.05, 0.1) is 10.3 Å². The summed E-state index contributed by atoms with van der Waals surface area (Å²) in [7, 11) is -3.77. The zero-order chi connectivity index (χ0) is 23.6. The monoisotopic (exact) mass is 489 g/mol. The van der Waals surface area contributed by atoms with Gasteiger partial charge in [0.2, 0.25) is 11.8 Å². The van der Waals surface area contributed by atoms with E-state index in [1.807, 2.05) is 11.8 Å². The van der Waals surface area contributed by atoms with Gasteiger partial charge in [0.25, 0.3) is 10.0 Å². The summed E-state index contributed by atoms with van der Waals surface area (Å²) in [6.45, 7) is 3.82. The number of benzene rings is 2. The minimum atomic E-state index is -3.77. The van der Waals surface area contributed by atoms with E-state index in [4.69, 9.17) is 11.6 Å². The summed E-state index contributed by atoms with van der Waals surface area (Å²) in [6.07, 6.45) is 3.80. The maximum absolute atomic E-state index is 12.8. The summed E-state index contributed by atoms with van der Waals surface area (Å²) in [6, 6.07) is 11.6.